The zero-order chi connectivity index (χ0) is 21.9. The van der Waals surface area contributed by atoms with E-state index in [2.05, 4.69) is 15.2 Å². The Morgan fingerprint density at radius 1 is 1.03 bits per heavy atom. The van der Waals surface area contributed by atoms with Crippen LogP contribution in [0.5, 0.6) is 0 Å². The van der Waals surface area contributed by atoms with Gasteiger partial charge in [0.2, 0.25) is 0 Å². The molecule has 162 valence electrons. The second-order valence-electron chi connectivity index (χ2n) is 7.15. The van der Waals surface area contributed by atoms with Gasteiger partial charge in [-0.1, -0.05) is 0 Å². The number of hydrogen-bond donors (Lipinski definition) is 1. The van der Waals surface area contributed by atoms with Crippen molar-refractivity contribution in [1.82, 2.24) is 10.3 Å². The molecule has 1 aromatic carbocycles. The molecular weight excluding hydrogens is 412 g/mol. The van der Waals surface area contributed by atoms with Crippen molar-refractivity contribution in [3.63, 3.8) is 0 Å². The molecule has 0 radical (unpaired) electrons. The lowest BCUT2D eigenvalue weighted by Gasteiger charge is -2.33. The van der Waals surface area contributed by atoms with E-state index in [-0.39, 0.29) is 18.5 Å². The molecule has 3 rings (SSSR count). The molecule has 1 fully saturated rings. The zero-order valence-corrected chi connectivity index (χ0v) is 15.7. The molecule has 1 N–H and O–H groups in total. The number of piperidine rings is 1. The number of aromatic nitrogens is 1. The summed E-state index contributed by atoms with van der Waals surface area (Å²) in [5.74, 6) is -0.879. The largest absolute Gasteiger partial charge is 0.416 e. The summed E-state index contributed by atoms with van der Waals surface area (Å²) in [7, 11) is 0. The monoisotopic (exact) mass is 431 g/mol. The van der Waals surface area contributed by atoms with E-state index in [0.29, 0.717) is 25.2 Å². The predicted molar refractivity (Wildman–Crippen MR) is 98.0 cm³/mol. The molecule has 0 spiro atoms. The van der Waals surface area contributed by atoms with Crippen LogP contribution in [-0.2, 0) is 12.4 Å². The number of hydrogen-bond acceptors (Lipinski definition) is 3. The van der Waals surface area contributed by atoms with Crippen LogP contribution in [0.2, 0.25) is 0 Å². The van der Waals surface area contributed by atoms with Gasteiger partial charge < -0.3 is 10.2 Å². The number of benzene rings is 1. The Hall–Kier alpha value is -2.78. The van der Waals surface area contributed by atoms with Crippen molar-refractivity contribution in [3.05, 3.63) is 59.4 Å². The number of nitrogens with one attached hydrogen (secondary N) is 1. The second-order valence-corrected chi connectivity index (χ2v) is 7.15. The van der Waals surface area contributed by atoms with E-state index >= 15 is 0 Å². The van der Waals surface area contributed by atoms with Gasteiger partial charge in [0.05, 0.1) is 23.0 Å². The minimum absolute atomic E-state index is 0.00490. The molecule has 1 saturated heterocycles. The Morgan fingerprint density at radius 3 is 2.13 bits per heavy atom. The molecule has 1 aliphatic rings. The SMILES string of the molecule is O=C(NCC1CCN(c2cccnc2)CC1)c1cc(C(F)(F)F)cc(C(F)(F)F)c1. The summed E-state index contributed by atoms with van der Waals surface area (Å²) in [4.78, 5) is 18.5. The Balaban J connectivity index is 1.62. The molecule has 30 heavy (non-hydrogen) atoms. The normalized spacial score (nSPS) is 15.9. The number of carbonyl (C=O) groups is 1. The van der Waals surface area contributed by atoms with Crippen LogP contribution in [-0.4, -0.2) is 30.5 Å². The average Bonchev–Trinajstić information content (AvgIpc) is 2.71. The molecule has 1 aliphatic heterocycles. The Bertz CT molecular complexity index is 842. The number of carbonyl (C=O) groups excluding carboxylic acids is 1. The molecule has 4 nitrogen and oxygen atoms in total. The van der Waals surface area contributed by atoms with Crippen LogP contribution in [0, 0.1) is 5.92 Å². The van der Waals surface area contributed by atoms with Crippen molar-refractivity contribution in [2.45, 2.75) is 25.2 Å². The van der Waals surface area contributed by atoms with Crippen LogP contribution < -0.4 is 10.2 Å². The lowest BCUT2D eigenvalue weighted by molar-refractivity contribution is -0.143. The van der Waals surface area contributed by atoms with Gasteiger partial charge in [0.1, 0.15) is 0 Å². The van der Waals surface area contributed by atoms with E-state index in [4.69, 9.17) is 0 Å². The minimum atomic E-state index is -4.99. The standard InChI is InChI=1S/C20H19F6N3O/c21-19(22,23)15-8-14(9-16(10-15)20(24,25)26)18(30)28-11-13-3-6-29(7-4-13)17-2-1-5-27-12-17/h1-2,5,8-10,12-13H,3-4,6-7,11H2,(H,28,30). The quantitative estimate of drug-likeness (QED) is 0.710. The number of alkyl halides is 6. The zero-order valence-electron chi connectivity index (χ0n) is 15.7. The fourth-order valence-electron chi connectivity index (χ4n) is 3.36. The van der Waals surface area contributed by atoms with Gasteiger partial charge in [0.15, 0.2) is 0 Å². The van der Waals surface area contributed by atoms with E-state index < -0.39 is 35.0 Å². The fraction of sp³-hybridized carbons (Fsp3) is 0.400. The number of pyridine rings is 1. The number of anilines is 1. The third kappa shape index (κ3) is 5.43. The maximum Gasteiger partial charge on any atom is 0.416 e. The highest BCUT2D eigenvalue weighted by atomic mass is 19.4. The molecule has 1 amide bonds. The highest BCUT2D eigenvalue weighted by Gasteiger charge is 2.37. The van der Waals surface area contributed by atoms with Gasteiger partial charge in [0.25, 0.3) is 5.91 Å². The summed E-state index contributed by atoms with van der Waals surface area (Å²) in [6.07, 6.45) is -5.11. The average molecular weight is 431 g/mol. The summed E-state index contributed by atoms with van der Waals surface area (Å²) in [5, 5.41) is 2.48. The van der Waals surface area contributed by atoms with Gasteiger partial charge in [-0.2, -0.15) is 26.3 Å². The van der Waals surface area contributed by atoms with Crippen molar-refractivity contribution >= 4 is 11.6 Å². The maximum atomic E-state index is 12.9. The molecule has 0 bridgehead atoms. The van der Waals surface area contributed by atoms with Gasteiger partial charge in [-0.05, 0) is 49.1 Å². The van der Waals surface area contributed by atoms with Crippen molar-refractivity contribution in [1.29, 1.82) is 0 Å². The van der Waals surface area contributed by atoms with E-state index in [0.717, 1.165) is 18.5 Å². The maximum absolute atomic E-state index is 12.9. The highest BCUT2D eigenvalue weighted by Crippen LogP contribution is 2.36. The number of amides is 1. The highest BCUT2D eigenvalue weighted by molar-refractivity contribution is 5.94. The van der Waals surface area contributed by atoms with Gasteiger partial charge in [0, 0.05) is 31.4 Å². The first kappa shape index (κ1) is 21.9. The first-order valence-corrected chi connectivity index (χ1v) is 9.26. The molecule has 0 saturated carbocycles. The summed E-state index contributed by atoms with van der Waals surface area (Å²) in [5.41, 5.74) is -2.70. The second kappa shape index (κ2) is 8.53. The van der Waals surface area contributed by atoms with E-state index in [1.807, 2.05) is 12.1 Å². The van der Waals surface area contributed by atoms with Crippen LogP contribution in [0.25, 0.3) is 0 Å². The van der Waals surface area contributed by atoms with Crippen molar-refractivity contribution < 1.29 is 31.1 Å². The van der Waals surface area contributed by atoms with Crippen LogP contribution in [0.15, 0.2) is 42.7 Å². The van der Waals surface area contributed by atoms with Crippen LogP contribution in [0.3, 0.4) is 0 Å². The molecular formula is C20H19F6N3O. The van der Waals surface area contributed by atoms with Gasteiger partial charge in [-0.25, -0.2) is 0 Å². The van der Waals surface area contributed by atoms with Crippen LogP contribution >= 0.6 is 0 Å². The number of rotatable bonds is 4. The predicted octanol–water partition coefficient (Wildman–Crippen LogP) is 4.77. The first-order valence-electron chi connectivity index (χ1n) is 9.26. The van der Waals surface area contributed by atoms with Crippen LogP contribution in [0.1, 0.15) is 34.3 Å². The van der Waals surface area contributed by atoms with E-state index in [1.54, 1.807) is 12.4 Å². The topological polar surface area (TPSA) is 45.2 Å². The van der Waals surface area contributed by atoms with Gasteiger partial charge >= 0.3 is 12.4 Å². The molecule has 2 aromatic rings. The third-order valence-corrected chi connectivity index (χ3v) is 5.03. The van der Waals surface area contributed by atoms with Crippen molar-refractivity contribution in [2.24, 2.45) is 5.92 Å². The summed E-state index contributed by atoms with van der Waals surface area (Å²) in [6.45, 7) is 1.61. The lowest BCUT2D eigenvalue weighted by Crippen LogP contribution is -2.38. The number of nitrogens with zero attached hydrogens (tertiary/aromatic N) is 2. The molecule has 0 atom stereocenters. The first-order chi connectivity index (χ1) is 14.0. The summed E-state index contributed by atoms with van der Waals surface area (Å²) >= 11 is 0. The van der Waals surface area contributed by atoms with Crippen molar-refractivity contribution in [2.75, 3.05) is 24.5 Å². The smallest absolute Gasteiger partial charge is 0.370 e. The van der Waals surface area contributed by atoms with Gasteiger partial charge in [-0.3, -0.25) is 9.78 Å². The Kier molecular flexibility index (Phi) is 6.23. The van der Waals surface area contributed by atoms with Crippen molar-refractivity contribution in [3.8, 4) is 0 Å². The molecule has 0 aliphatic carbocycles. The minimum Gasteiger partial charge on any atom is -0.370 e. The summed E-state index contributed by atoms with van der Waals surface area (Å²) in [6, 6.07) is 4.64. The fourth-order valence-corrected chi connectivity index (χ4v) is 3.36. The third-order valence-electron chi connectivity index (χ3n) is 5.03. The number of halogens is 6. The molecule has 10 heteroatoms. The van der Waals surface area contributed by atoms with E-state index in [1.165, 1.54) is 0 Å². The molecule has 0 unspecified atom stereocenters. The lowest BCUT2D eigenvalue weighted by atomic mass is 9.96. The van der Waals surface area contributed by atoms with Crippen LogP contribution in [0.4, 0.5) is 32.0 Å². The van der Waals surface area contributed by atoms with E-state index in [9.17, 15) is 31.1 Å². The van der Waals surface area contributed by atoms with Gasteiger partial charge in [-0.15, -0.1) is 0 Å². The molecule has 2 heterocycles. The summed E-state index contributed by atoms with van der Waals surface area (Å²) < 4.78 is 77.7. The molecule has 1 aromatic heterocycles. The Morgan fingerprint density at radius 2 is 1.63 bits per heavy atom. The Labute approximate surface area is 168 Å².